The molecule has 1 unspecified atom stereocenters. The molecule has 3 N–H and O–H groups in total. The Hall–Kier alpha value is -1.50. The van der Waals surface area contributed by atoms with Gasteiger partial charge in [-0.25, -0.2) is 4.79 Å². The van der Waals surface area contributed by atoms with E-state index >= 15 is 0 Å². The smallest absolute Gasteiger partial charge is 0.411 e. The van der Waals surface area contributed by atoms with Crippen LogP contribution in [0.4, 0.5) is 10.5 Å². The van der Waals surface area contributed by atoms with Crippen LogP contribution in [-0.2, 0) is 4.74 Å². The van der Waals surface area contributed by atoms with Crippen molar-refractivity contribution in [3.63, 3.8) is 0 Å². The molecular formula is C16H27ClN2O4. The highest BCUT2D eigenvalue weighted by Gasteiger charge is 2.12. The van der Waals surface area contributed by atoms with E-state index in [0.717, 1.165) is 0 Å². The molecular weight excluding hydrogens is 320 g/mol. The van der Waals surface area contributed by atoms with Crippen LogP contribution in [0, 0.1) is 0 Å². The number of aliphatic hydroxyl groups excluding tert-OH is 1. The number of ether oxygens (including phenoxy) is 2. The Labute approximate surface area is 144 Å². The number of nitrogens with one attached hydrogen (secondary N) is 2. The van der Waals surface area contributed by atoms with Gasteiger partial charge >= 0.3 is 6.09 Å². The number of carbonyl (C=O) groups is 1. The third-order valence-electron chi connectivity index (χ3n) is 2.67. The van der Waals surface area contributed by atoms with E-state index < -0.39 is 12.2 Å². The molecule has 0 aromatic heterocycles. The van der Waals surface area contributed by atoms with Crippen molar-refractivity contribution < 1.29 is 19.4 Å². The van der Waals surface area contributed by atoms with Crippen molar-refractivity contribution >= 4 is 24.2 Å². The second kappa shape index (κ2) is 10.3. The maximum absolute atomic E-state index is 11.3. The number of hydrogen-bond acceptors (Lipinski definition) is 5. The summed E-state index contributed by atoms with van der Waals surface area (Å²) >= 11 is 0. The van der Waals surface area contributed by atoms with Crippen molar-refractivity contribution in [2.75, 3.05) is 25.1 Å². The van der Waals surface area contributed by atoms with Crippen LogP contribution >= 0.6 is 12.4 Å². The first-order chi connectivity index (χ1) is 10.3. The molecule has 0 saturated carbocycles. The summed E-state index contributed by atoms with van der Waals surface area (Å²) in [5.41, 5.74) is 0.531. The van der Waals surface area contributed by atoms with E-state index in [2.05, 4.69) is 10.6 Å². The summed E-state index contributed by atoms with van der Waals surface area (Å²) in [5.74, 6) is 0.573. The van der Waals surface area contributed by atoms with Gasteiger partial charge in [-0.15, -0.1) is 12.4 Å². The third-order valence-corrected chi connectivity index (χ3v) is 2.67. The van der Waals surface area contributed by atoms with E-state index in [1.165, 1.54) is 0 Å². The van der Waals surface area contributed by atoms with Gasteiger partial charge < -0.3 is 19.9 Å². The van der Waals surface area contributed by atoms with Crippen molar-refractivity contribution in [3.8, 4) is 5.75 Å². The molecule has 0 radical (unpaired) electrons. The highest BCUT2D eigenvalue weighted by atomic mass is 35.5. The highest BCUT2D eigenvalue weighted by molar-refractivity contribution is 5.85. The minimum Gasteiger partial charge on any atom is -0.491 e. The molecule has 6 nitrogen and oxygen atoms in total. The molecule has 1 amide bonds. The van der Waals surface area contributed by atoms with Gasteiger partial charge in [-0.1, -0.05) is 6.07 Å². The van der Waals surface area contributed by atoms with Crippen LogP contribution < -0.4 is 15.4 Å². The molecule has 1 atom stereocenters. The molecule has 0 heterocycles. The van der Waals surface area contributed by atoms with Gasteiger partial charge in [0.2, 0.25) is 0 Å². The maximum Gasteiger partial charge on any atom is 0.411 e. The Morgan fingerprint density at radius 1 is 1.35 bits per heavy atom. The fourth-order valence-electron chi connectivity index (χ4n) is 1.62. The molecule has 0 aliphatic rings. The number of anilines is 1. The summed E-state index contributed by atoms with van der Waals surface area (Å²) in [4.78, 5) is 11.3. The summed E-state index contributed by atoms with van der Waals surface area (Å²) in [6, 6.07) is 6.94. The first-order valence-corrected chi connectivity index (χ1v) is 7.40. The number of halogens is 1. The maximum atomic E-state index is 11.3. The first-order valence-electron chi connectivity index (χ1n) is 7.40. The first kappa shape index (κ1) is 21.5. The van der Waals surface area contributed by atoms with Gasteiger partial charge in [-0.05, 0) is 39.8 Å². The van der Waals surface area contributed by atoms with E-state index in [9.17, 15) is 9.90 Å². The van der Waals surface area contributed by atoms with Gasteiger partial charge in [0.25, 0.3) is 0 Å². The topological polar surface area (TPSA) is 79.8 Å². The molecule has 0 aliphatic heterocycles. The van der Waals surface area contributed by atoms with Gasteiger partial charge in [0.05, 0.1) is 6.61 Å². The van der Waals surface area contributed by atoms with Crippen LogP contribution in [0.1, 0.15) is 27.7 Å². The van der Waals surface area contributed by atoms with Crippen LogP contribution in [-0.4, -0.2) is 42.6 Å². The summed E-state index contributed by atoms with van der Waals surface area (Å²) in [5, 5.41) is 15.7. The molecule has 132 valence electrons. The average Bonchev–Trinajstić information content (AvgIpc) is 2.43. The Balaban J connectivity index is 0.00000484. The minimum atomic E-state index is -0.610. The predicted octanol–water partition coefficient (Wildman–Crippen LogP) is 2.80. The van der Waals surface area contributed by atoms with Crippen LogP contribution in [0.2, 0.25) is 0 Å². The zero-order chi connectivity index (χ0) is 16.6. The zero-order valence-electron chi connectivity index (χ0n) is 14.1. The number of benzene rings is 1. The number of carbonyl (C=O) groups excluding carboxylic acids is 1. The molecule has 0 saturated heterocycles. The minimum absolute atomic E-state index is 0. The van der Waals surface area contributed by atoms with Gasteiger partial charge in [0.15, 0.2) is 0 Å². The summed E-state index contributed by atoms with van der Waals surface area (Å²) < 4.78 is 10.3. The second-order valence-corrected chi connectivity index (χ2v) is 5.97. The van der Waals surface area contributed by atoms with Crippen molar-refractivity contribution in [2.24, 2.45) is 0 Å². The van der Waals surface area contributed by atoms with Crippen molar-refractivity contribution in [3.05, 3.63) is 24.3 Å². The third kappa shape index (κ3) is 9.99. The molecule has 23 heavy (non-hydrogen) atoms. The average molecular weight is 347 g/mol. The molecule has 1 aromatic carbocycles. The standard InChI is InChI=1S/C16H26N2O4.ClH/c1-5-21-15(20)18-12-7-6-8-14(9-12)22-11-13(19)10-17-16(2,3)4;/h6-9,13,17,19H,5,10-11H2,1-4H3,(H,18,20);1H. The fraction of sp³-hybridized carbons (Fsp3) is 0.562. The summed E-state index contributed by atoms with van der Waals surface area (Å²) in [7, 11) is 0. The number of amides is 1. The van der Waals surface area contributed by atoms with E-state index in [0.29, 0.717) is 24.6 Å². The molecule has 0 aliphatic carbocycles. The van der Waals surface area contributed by atoms with Crippen molar-refractivity contribution in [1.82, 2.24) is 5.32 Å². The van der Waals surface area contributed by atoms with Crippen LogP contribution in [0.3, 0.4) is 0 Å². The van der Waals surface area contributed by atoms with E-state index in [-0.39, 0.29) is 24.6 Å². The molecule has 0 bridgehead atoms. The molecule has 1 rings (SSSR count). The number of hydrogen-bond donors (Lipinski definition) is 3. The number of β-amino-alcohol motifs (C(OH)–C–C–N with tert-alkyl or cyclic N) is 1. The van der Waals surface area contributed by atoms with Gasteiger partial charge in [-0.2, -0.15) is 0 Å². The van der Waals surface area contributed by atoms with Crippen LogP contribution in [0.15, 0.2) is 24.3 Å². The molecule has 0 fully saturated rings. The Morgan fingerprint density at radius 2 is 2.04 bits per heavy atom. The molecule has 0 spiro atoms. The monoisotopic (exact) mass is 346 g/mol. The summed E-state index contributed by atoms with van der Waals surface area (Å²) in [6.07, 6.45) is -1.12. The van der Waals surface area contributed by atoms with Gasteiger partial charge in [0.1, 0.15) is 18.5 Å². The van der Waals surface area contributed by atoms with Crippen LogP contribution in [0.25, 0.3) is 0 Å². The van der Waals surface area contributed by atoms with Crippen molar-refractivity contribution in [2.45, 2.75) is 39.3 Å². The Kier molecular flexibility index (Phi) is 9.64. The lowest BCUT2D eigenvalue weighted by Crippen LogP contribution is -2.42. The molecule has 1 aromatic rings. The molecule has 7 heteroatoms. The van der Waals surface area contributed by atoms with Crippen LogP contribution in [0.5, 0.6) is 5.75 Å². The lowest BCUT2D eigenvalue weighted by molar-refractivity contribution is 0.100. The predicted molar refractivity (Wildman–Crippen MR) is 93.6 cm³/mol. The van der Waals surface area contributed by atoms with E-state index in [1.807, 2.05) is 20.8 Å². The second-order valence-electron chi connectivity index (χ2n) is 5.97. The van der Waals surface area contributed by atoms with Gasteiger partial charge in [0, 0.05) is 23.8 Å². The largest absolute Gasteiger partial charge is 0.491 e. The zero-order valence-corrected chi connectivity index (χ0v) is 14.9. The lowest BCUT2D eigenvalue weighted by atomic mass is 10.1. The lowest BCUT2D eigenvalue weighted by Gasteiger charge is -2.23. The summed E-state index contributed by atoms with van der Waals surface area (Å²) in [6.45, 7) is 8.78. The van der Waals surface area contributed by atoms with E-state index in [4.69, 9.17) is 9.47 Å². The normalized spacial score (nSPS) is 12.0. The van der Waals surface area contributed by atoms with E-state index in [1.54, 1.807) is 31.2 Å². The fourth-order valence-corrected chi connectivity index (χ4v) is 1.62. The number of rotatable bonds is 7. The SMILES string of the molecule is CCOC(=O)Nc1cccc(OCC(O)CNC(C)(C)C)c1.Cl. The Bertz CT molecular complexity index is 477. The van der Waals surface area contributed by atoms with Gasteiger partial charge in [-0.3, -0.25) is 5.32 Å². The van der Waals surface area contributed by atoms with Crippen molar-refractivity contribution in [1.29, 1.82) is 0 Å². The number of aliphatic hydroxyl groups is 1. The quantitative estimate of drug-likeness (QED) is 0.707. The highest BCUT2D eigenvalue weighted by Crippen LogP contribution is 2.17. The Morgan fingerprint density at radius 3 is 2.65 bits per heavy atom.